The van der Waals surface area contributed by atoms with Crippen molar-refractivity contribution in [2.75, 3.05) is 25.6 Å². The second kappa shape index (κ2) is 23.6. The van der Waals surface area contributed by atoms with Crippen LogP contribution in [0.3, 0.4) is 0 Å². The Bertz CT molecular complexity index is 2130. The molecule has 2 unspecified atom stereocenters. The molecule has 3 fully saturated rings. The smallest absolute Gasteiger partial charge is 0.305 e. The minimum Gasteiger partial charge on any atom is -0.490 e. The van der Waals surface area contributed by atoms with Crippen LogP contribution in [0.1, 0.15) is 90.2 Å². The molecule has 1 aromatic heterocycles. The molecule has 2 aromatic carbocycles. The van der Waals surface area contributed by atoms with E-state index in [9.17, 15) is 29.1 Å². The number of carbonyl (C=O) groups is 5. The van der Waals surface area contributed by atoms with Crippen molar-refractivity contribution in [3.63, 3.8) is 0 Å². The summed E-state index contributed by atoms with van der Waals surface area (Å²) in [5, 5.41) is 12.8. The molecule has 2 saturated carbocycles. The van der Waals surface area contributed by atoms with Crippen molar-refractivity contribution >= 4 is 53.1 Å². The molecule has 2 aliphatic carbocycles. The topological polar surface area (TPSA) is 204 Å². The summed E-state index contributed by atoms with van der Waals surface area (Å²) in [5.74, 6) is -2.48. The average Bonchev–Trinajstić information content (AvgIpc) is 4.21. The highest BCUT2D eigenvalue weighted by atomic mass is 35.5. The molecule has 6 atom stereocenters. The van der Waals surface area contributed by atoms with E-state index in [1.165, 1.54) is 0 Å². The molecule has 1 amide bonds. The number of para-hydroxylation sites is 1. The Morgan fingerprint density at radius 3 is 2.28 bits per heavy atom. The van der Waals surface area contributed by atoms with Crippen LogP contribution in [0.2, 0.25) is 5.02 Å². The largest absolute Gasteiger partial charge is 0.490 e. The van der Waals surface area contributed by atoms with E-state index in [4.69, 9.17) is 49.5 Å². The van der Waals surface area contributed by atoms with Crippen molar-refractivity contribution in [3.05, 3.63) is 77.1 Å². The van der Waals surface area contributed by atoms with Crippen LogP contribution in [0.5, 0.6) is 5.75 Å². The van der Waals surface area contributed by atoms with Gasteiger partial charge in [-0.1, -0.05) is 42.6 Å². The number of nitrogens with zero attached hydrogens (tertiary/aromatic N) is 1. The Morgan fingerprint density at radius 2 is 1.58 bits per heavy atom. The molecular weight excluding hydrogens is 884 g/mol. The van der Waals surface area contributed by atoms with Crippen LogP contribution in [0.4, 0.5) is 0 Å². The second-order valence-corrected chi connectivity index (χ2v) is 17.8. The van der Waals surface area contributed by atoms with E-state index in [0.717, 1.165) is 105 Å². The summed E-state index contributed by atoms with van der Waals surface area (Å²) in [6, 6.07) is 15.5. The lowest BCUT2D eigenvalue weighted by Gasteiger charge is -2.43. The molecule has 0 spiro atoms. The minimum atomic E-state index is -1.69. The van der Waals surface area contributed by atoms with Crippen LogP contribution in [0, 0.1) is 0 Å². The molecule has 3 aliphatic rings. The summed E-state index contributed by atoms with van der Waals surface area (Å²) in [5.41, 5.74) is 3.56. The van der Waals surface area contributed by atoms with Crippen molar-refractivity contribution in [2.45, 2.75) is 139 Å². The number of aliphatic hydroxyl groups is 1. The highest BCUT2D eigenvalue weighted by molar-refractivity contribution is 7.99. The number of unbranched alkanes of at least 4 members (excludes halogenated alkanes) is 2. The predicted octanol–water partition coefficient (Wildman–Crippen LogP) is 6.38. The first-order valence-corrected chi connectivity index (χ1v) is 23.2. The molecule has 352 valence electrons. The van der Waals surface area contributed by atoms with Crippen LogP contribution < -0.4 is 10.1 Å². The zero-order valence-electron chi connectivity index (χ0n) is 37.0. The lowest BCUT2D eigenvalue weighted by Crippen LogP contribution is -2.65. The number of halogens is 1. The molecule has 2 heterocycles. The van der Waals surface area contributed by atoms with Gasteiger partial charge in [0.2, 0.25) is 12.4 Å². The second-order valence-electron chi connectivity index (χ2n) is 16.2. The van der Waals surface area contributed by atoms with Crippen molar-refractivity contribution in [2.24, 2.45) is 0 Å². The molecule has 3 aromatic rings. The Kier molecular flexibility index (Phi) is 18.0. The van der Waals surface area contributed by atoms with Crippen LogP contribution in [-0.4, -0.2) is 108 Å². The average molecular weight is 941 g/mol. The highest BCUT2D eigenvalue weighted by Crippen LogP contribution is 2.53. The maximum Gasteiger partial charge on any atom is 0.305 e. The monoisotopic (exact) mass is 940 g/mol. The molecule has 2 N–H and O–H groups in total. The van der Waals surface area contributed by atoms with Gasteiger partial charge in [0, 0.05) is 61.1 Å². The number of hydrogen-bond donors (Lipinski definition) is 2. The first-order valence-electron chi connectivity index (χ1n) is 21.9. The van der Waals surface area contributed by atoms with E-state index in [0.29, 0.717) is 24.5 Å². The van der Waals surface area contributed by atoms with E-state index >= 15 is 0 Å². The third kappa shape index (κ3) is 14.4. The molecule has 16 nitrogen and oxygen atoms in total. The van der Waals surface area contributed by atoms with Crippen LogP contribution >= 0.6 is 23.4 Å². The molecule has 1 aliphatic heterocycles. The fourth-order valence-electron chi connectivity index (χ4n) is 7.60. The van der Waals surface area contributed by atoms with E-state index in [-0.39, 0.29) is 25.9 Å². The van der Waals surface area contributed by atoms with Crippen molar-refractivity contribution < 1.29 is 67.0 Å². The van der Waals surface area contributed by atoms with Gasteiger partial charge in [0.05, 0.1) is 44.2 Å². The first kappa shape index (κ1) is 49.6. The third-order valence-corrected chi connectivity index (χ3v) is 12.3. The summed E-state index contributed by atoms with van der Waals surface area (Å²) < 4.78 is 45.7. The van der Waals surface area contributed by atoms with Gasteiger partial charge in [-0.2, -0.15) is 0 Å². The molecule has 65 heavy (non-hydrogen) atoms. The van der Waals surface area contributed by atoms with Crippen molar-refractivity contribution in [1.82, 2.24) is 10.3 Å². The fraction of sp³-hybridized carbons (Fsp3) is 0.532. The van der Waals surface area contributed by atoms with Gasteiger partial charge in [-0.15, -0.1) is 11.8 Å². The zero-order chi connectivity index (χ0) is 46.5. The van der Waals surface area contributed by atoms with Gasteiger partial charge in [0.1, 0.15) is 5.75 Å². The third-order valence-electron chi connectivity index (χ3n) is 10.8. The number of rotatable bonds is 24. The van der Waals surface area contributed by atoms with Crippen molar-refractivity contribution in [1.29, 1.82) is 0 Å². The molecular formula is C47H57ClN2O14S. The van der Waals surface area contributed by atoms with Gasteiger partial charge in [-0.3, -0.25) is 29.0 Å². The SMILES string of the molecule is CC(=O)OC1O[C@H](C(=O)NC(CCCCCSc2ccc(Cl)c(COC3(c4cnccc4-c4ccccc4OC4CC4)CC3)c2)COCCO)[C@@H](OC(C)=O)[C@H](OC(C)=O)[C@H]1OC(C)=O. The number of thioether (sulfide) groups is 1. The maximum absolute atomic E-state index is 13.9. The maximum atomic E-state index is 13.9. The number of pyridine rings is 1. The summed E-state index contributed by atoms with van der Waals surface area (Å²) in [6.45, 7) is 4.47. The fourth-order valence-corrected chi connectivity index (χ4v) is 8.74. The lowest BCUT2D eigenvalue weighted by atomic mass is 9.96. The molecule has 0 radical (unpaired) electrons. The van der Waals surface area contributed by atoms with Gasteiger partial charge in [-0.05, 0) is 85.7 Å². The van der Waals surface area contributed by atoms with E-state index in [1.807, 2.05) is 42.6 Å². The van der Waals surface area contributed by atoms with E-state index < -0.39 is 72.1 Å². The number of aromatic nitrogens is 1. The number of aliphatic hydroxyl groups excluding tert-OH is 1. The summed E-state index contributed by atoms with van der Waals surface area (Å²) in [6.07, 6.45) is 2.58. The zero-order valence-corrected chi connectivity index (χ0v) is 38.6. The highest BCUT2D eigenvalue weighted by Gasteiger charge is 2.56. The van der Waals surface area contributed by atoms with Gasteiger partial charge in [0.15, 0.2) is 18.3 Å². The van der Waals surface area contributed by atoms with Gasteiger partial charge < -0.3 is 48.3 Å². The van der Waals surface area contributed by atoms with E-state index in [1.54, 1.807) is 18.0 Å². The normalized spacial score (nSPS) is 21.4. The Morgan fingerprint density at radius 1 is 0.877 bits per heavy atom. The van der Waals surface area contributed by atoms with E-state index in [2.05, 4.69) is 22.4 Å². The predicted molar refractivity (Wildman–Crippen MR) is 237 cm³/mol. The Hall–Kier alpha value is -4.78. The Balaban J connectivity index is 1.03. The molecule has 6 rings (SSSR count). The number of benzene rings is 2. The lowest BCUT2D eigenvalue weighted by molar-refractivity contribution is -0.290. The van der Waals surface area contributed by atoms with Gasteiger partial charge >= 0.3 is 23.9 Å². The van der Waals surface area contributed by atoms with Crippen LogP contribution in [0.15, 0.2) is 65.8 Å². The van der Waals surface area contributed by atoms with Crippen LogP contribution in [0.25, 0.3) is 11.1 Å². The first-order chi connectivity index (χ1) is 31.3. The summed E-state index contributed by atoms with van der Waals surface area (Å²) >= 11 is 8.41. The number of esters is 4. The molecule has 18 heteroatoms. The minimum absolute atomic E-state index is 0.0238. The van der Waals surface area contributed by atoms with Gasteiger partial charge in [0.25, 0.3) is 5.91 Å². The molecule has 0 bridgehead atoms. The number of hydrogen-bond acceptors (Lipinski definition) is 16. The molecule has 1 saturated heterocycles. The number of ether oxygens (including phenoxy) is 8. The van der Waals surface area contributed by atoms with Crippen molar-refractivity contribution in [3.8, 4) is 16.9 Å². The number of carbonyl (C=O) groups excluding carboxylic acids is 5. The Labute approximate surface area is 387 Å². The number of amides is 1. The summed E-state index contributed by atoms with van der Waals surface area (Å²) in [4.78, 5) is 67.9. The van der Waals surface area contributed by atoms with Gasteiger partial charge in [-0.25, -0.2) is 0 Å². The quantitative estimate of drug-likeness (QED) is 0.0433. The standard InChI is InChI=1S/C47H57ClN2O14S/c1-28(52)59-41-42(60-29(2)53)44(61-30(3)54)46(62-31(4)55)64-43(41)45(56)50-33(27-57-22-21-51)10-6-5-9-23-65-35-15-16-39(48)32(24-35)26-58-47(18-19-47)38-25-49-20-17-36(38)37-11-7-8-12-40(37)63-34-13-14-34/h7-8,11-12,15-17,20,24-25,33-34,41-44,46,51H,5-6,9-10,13-14,18-19,21-23,26-27H2,1-4H3,(H,50,56)/t33?,41-,42-,43-,44+,46?/m0/s1. The number of nitrogens with one attached hydrogen (secondary N) is 1. The summed E-state index contributed by atoms with van der Waals surface area (Å²) in [7, 11) is 0. The van der Waals surface area contributed by atoms with Crippen LogP contribution in [-0.2, 0) is 69.3 Å².